The van der Waals surface area contributed by atoms with Gasteiger partial charge in [-0.05, 0) is 18.1 Å². The molecule has 1 aromatic rings. The third-order valence-corrected chi connectivity index (χ3v) is 4.28. The van der Waals surface area contributed by atoms with Crippen molar-refractivity contribution in [3.8, 4) is 0 Å². The van der Waals surface area contributed by atoms with Crippen LogP contribution in [0.4, 0.5) is 5.69 Å². The molecule has 0 atom stereocenters. The Hall–Kier alpha value is -1.59. The number of hydrogen-bond donors (Lipinski definition) is 2. The van der Waals surface area contributed by atoms with Gasteiger partial charge in [-0.3, -0.25) is 4.79 Å². The van der Waals surface area contributed by atoms with Crippen LogP contribution in [0.3, 0.4) is 0 Å². The molecule has 2 fully saturated rings. The highest BCUT2D eigenvalue weighted by Gasteiger charge is 2.19. The van der Waals surface area contributed by atoms with E-state index in [0.29, 0.717) is 6.54 Å². The lowest BCUT2D eigenvalue weighted by atomic mass is 10.1. The zero-order valence-electron chi connectivity index (χ0n) is 12.5. The number of amides is 1. The highest BCUT2D eigenvalue weighted by Crippen LogP contribution is 2.21. The van der Waals surface area contributed by atoms with Crippen LogP contribution in [-0.4, -0.2) is 63.2 Å². The summed E-state index contributed by atoms with van der Waals surface area (Å²) >= 11 is 0. The standard InChI is InChI=1S/C16H24N4O/c21-16-13-20(12-8-18-16)15-4-2-1-3-14(15)5-9-19-10-6-17-7-11-19/h1-4,17H,5-13H2,(H,18,21). The average Bonchev–Trinajstić information content (AvgIpc) is 2.54. The Morgan fingerprint density at radius 1 is 1.05 bits per heavy atom. The Labute approximate surface area is 126 Å². The average molecular weight is 288 g/mol. The van der Waals surface area contributed by atoms with Crippen molar-refractivity contribution in [3.63, 3.8) is 0 Å². The number of benzene rings is 1. The van der Waals surface area contributed by atoms with E-state index in [-0.39, 0.29) is 5.91 Å². The third-order valence-electron chi connectivity index (χ3n) is 4.28. The fourth-order valence-corrected chi connectivity index (χ4v) is 3.09. The van der Waals surface area contributed by atoms with Gasteiger partial charge in [-0.1, -0.05) is 18.2 Å². The van der Waals surface area contributed by atoms with Gasteiger partial charge in [-0.15, -0.1) is 0 Å². The molecule has 2 N–H and O–H groups in total. The summed E-state index contributed by atoms with van der Waals surface area (Å²) in [6.07, 6.45) is 1.05. The Bertz CT molecular complexity index is 485. The molecule has 0 radical (unpaired) electrons. The van der Waals surface area contributed by atoms with Crippen LogP contribution >= 0.6 is 0 Å². The molecule has 2 saturated heterocycles. The molecular weight excluding hydrogens is 264 g/mol. The minimum absolute atomic E-state index is 0.123. The second-order valence-corrected chi connectivity index (χ2v) is 5.74. The number of anilines is 1. The molecule has 0 aliphatic carbocycles. The van der Waals surface area contributed by atoms with Gasteiger partial charge in [0.05, 0.1) is 6.54 Å². The molecule has 0 unspecified atom stereocenters. The van der Waals surface area contributed by atoms with E-state index in [2.05, 4.69) is 44.7 Å². The van der Waals surface area contributed by atoms with Crippen LogP contribution < -0.4 is 15.5 Å². The van der Waals surface area contributed by atoms with Crippen molar-refractivity contribution in [2.45, 2.75) is 6.42 Å². The van der Waals surface area contributed by atoms with Crippen LogP contribution in [-0.2, 0) is 11.2 Å². The molecule has 1 aromatic carbocycles. The largest absolute Gasteiger partial charge is 0.360 e. The normalized spacial score (nSPS) is 20.4. The number of hydrogen-bond acceptors (Lipinski definition) is 4. The van der Waals surface area contributed by atoms with Gasteiger partial charge in [0.15, 0.2) is 0 Å². The molecule has 114 valence electrons. The van der Waals surface area contributed by atoms with E-state index < -0.39 is 0 Å². The fourth-order valence-electron chi connectivity index (χ4n) is 3.09. The number of carbonyl (C=O) groups excluding carboxylic acids is 1. The third kappa shape index (κ3) is 3.74. The minimum atomic E-state index is 0.123. The van der Waals surface area contributed by atoms with Gasteiger partial charge in [-0.2, -0.15) is 0 Å². The molecule has 0 spiro atoms. The van der Waals surface area contributed by atoms with E-state index >= 15 is 0 Å². The van der Waals surface area contributed by atoms with E-state index in [9.17, 15) is 4.79 Å². The summed E-state index contributed by atoms with van der Waals surface area (Å²) in [5, 5.41) is 6.28. The quantitative estimate of drug-likeness (QED) is 0.823. The lowest BCUT2D eigenvalue weighted by Crippen LogP contribution is -2.48. The van der Waals surface area contributed by atoms with E-state index in [1.165, 1.54) is 11.3 Å². The number of nitrogens with one attached hydrogen (secondary N) is 2. The van der Waals surface area contributed by atoms with Gasteiger partial charge in [-0.25, -0.2) is 0 Å². The Balaban J connectivity index is 1.65. The molecule has 0 saturated carbocycles. The van der Waals surface area contributed by atoms with Crippen LogP contribution in [0.5, 0.6) is 0 Å². The first kappa shape index (κ1) is 14.4. The fraction of sp³-hybridized carbons (Fsp3) is 0.562. The Morgan fingerprint density at radius 3 is 2.67 bits per heavy atom. The van der Waals surface area contributed by atoms with Crippen LogP contribution in [0.2, 0.25) is 0 Å². The Kier molecular flexibility index (Phi) is 4.72. The second kappa shape index (κ2) is 6.91. The van der Waals surface area contributed by atoms with Crippen LogP contribution in [0.15, 0.2) is 24.3 Å². The predicted molar refractivity (Wildman–Crippen MR) is 84.7 cm³/mol. The summed E-state index contributed by atoms with van der Waals surface area (Å²) in [6.45, 7) is 7.66. The first-order chi connectivity index (χ1) is 10.3. The molecule has 2 heterocycles. The molecule has 0 aromatic heterocycles. The van der Waals surface area contributed by atoms with Crippen molar-refractivity contribution in [2.75, 3.05) is 57.3 Å². The van der Waals surface area contributed by atoms with Gasteiger partial charge in [0, 0.05) is 51.5 Å². The molecule has 5 heteroatoms. The molecule has 1 amide bonds. The summed E-state index contributed by atoms with van der Waals surface area (Å²) in [5.74, 6) is 0.123. The number of piperazine rings is 2. The molecular formula is C16H24N4O. The van der Waals surface area contributed by atoms with Gasteiger partial charge in [0.2, 0.25) is 5.91 Å². The first-order valence-corrected chi connectivity index (χ1v) is 7.85. The molecule has 21 heavy (non-hydrogen) atoms. The van der Waals surface area contributed by atoms with Crippen molar-refractivity contribution in [3.05, 3.63) is 29.8 Å². The van der Waals surface area contributed by atoms with Crippen molar-refractivity contribution in [2.24, 2.45) is 0 Å². The highest BCUT2D eigenvalue weighted by molar-refractivity contribution is 5.83. The monoisotopic (exact) mass is 288 g/mol. The van der Waals surface area contributed by atoms with E-state index in [1.807, 2.05) is 0 Å². The smallest absolute Gasteiger partial charge is 0.239 e. The van der Waals surface area contributed by atoms with Crippen LogP contribution in [0.1, 0.15) is 5.56 Å². The van der Waals surface area contributed by atoms with Crippen LogP contribution in [0, 0.1) is 0 Å². The molecule has 3 rings (SSSR count). The summed E-state index contributed by atoms with van der Waals surface area (Å²) in [4.78, 5) is 16.3. The number of para-hydroxylation sites is 1. The number of nitrogens with zero attached hydrogens (tertiary/aromatic N) is 2. The van der Waals surface area contributed by atoms with E-state index in [4.69, 9.17) is 0 Å². The van der Waals surface area contributed by atoms with E-state index in [1.54, 1.807) is 0 Å². The summed E-state index contributed by atoms with van der Waals surface area (Å²) in [7, 11) is 0. The number of rotatable bonds is 4. The summed E-state index contributed by atoms with van der Waals surface area (Å²) in [5.41, 5.74) is 2.58. The zero-order valence-corrected chi connectivity index (χ0v) is 12.5. The number of carbonyl (C=O) groups is 1. The second-order valence-electron chi connectivity index (χ2n) is 5.74. The summed E-state index contributed by atoms with van der Waals surface area (Å²) in [6, 6.07) is 8.51. The van der Waals surface area contributed by atoms with E-state index in [0.717, 1.165) is 52.2 Å². The van der Waals surface area contributed by atoms with Gasteiger partial charge >= 0.3 is 0 Å². The molecule has 2 aliphatic rings. The first-order valence-electron chi connectivity index (χ1n) is 7.85. The van der Waals surface area contributed by atoms with Crippen LogP contribution in [0.25, 0.3) is 0 Å². The van der Waals surface area contributed by atoms with Gasteiger partial charge in [0.1, 0.15) is 0 Å². The van der Waals surface area contributed by atoms with Crippen molar-refractivity contribution in [1.82, 2.24) is 15.5 Å². The van der Waals surface area contributed by atoms with Crippen molar-refractivity contribution < 1.29 is 4.79 Å². The maximum atomic E-state index is 11.6. The molecule has 2 aliphatic heterocycles. The SMILES string of the molecule is O=C1CN(c2ccccc2CCN2CCNCC2)CCN1. The maximum absolute atomic E-state index is 11.6. The Morgan fingerprint density at radius 2 is 1.86 bits per heavy atom. The molecule has 5 nitrogen and oxygen atoms in total. The van der Waals surface area contributed by atoms with Crippen molar-refractivity contribution in [1.29, 1.82) is 0 Å². The predicted octanol–water partition coefficient (Wildman–Crippen LogP) is 0.0705. The maximum Gasteiger partial charge on any atom is 0.239 e. The lowest BCUT2D eigenvalue weighted by molar-refractivity contribution is -0.120. The van der Waals surface area contributed by atoms with Crippen molar-refractivity contribution >= 4 is 11.6 Å². The zero-order chi connectivity index (χ0) is 14.5. The van der Waals surface area contributed by atoms with Gasteiger partial charge in [0.25, 0.3) is 0 Å². The highest BCUT2D eigenvalue weighted by atomic mass is 16.2. The topological polar surface area (TPSA) is 47.6 Å². The molecule has 0 bridgehead atoms. The lowest BCUT2D eigenvalue weighted by Gasteiger charge is -2.31. The summed E-state index contributed by atoms with van der Waals surface area (Å²) < 4.78 is 0. The van der Waals surface area contributed by atoms with Gasteiger partial charge < -0.3 is 20.4 Å². The minimum Gasteiger partial charge on any atom is -0.360 e.